The molecule has 0 atom stereocenters. The molecule has 7 heteroatoms. The number of hydrogen-bond acceptors (Lipinski definition) is 3. The summed E-state index contributed by atoms with van der Waals surface area (Å²) in [7, 11) is -3.99. The van der Waals surface area contributed by atoms with Crippen molar-refractivity contribution in [1.82, 2.24) is 4.90 Å². The second-order valence-corrected chi connectivity index (χ2v) is 10.7. The lowest BCUT2D eigenvalue weighted by molar-refractivity contribution is 0.0697. The van der Waals surface area contributed by atoms with Crippen molar-refractivity contribution >= 4 is 33.2 Å². The molecule has 1 aliphatic rings. The minimum Gasteiger partial charge on any atom is -0.339 e. The van der Waals surface area contributed by atoms with Crippen LogP contribution in [0.5, 0.6) is 0 Å². The third-order valence-corrected chi connectivity index (χ3v) is 8.11. The quantitative estimate of drug-likeness (QED) is 0.459. The number of nitrogens with zero attached hydrogens (tertiary/aromatic N) is 2. The summed E-state index contributed by atoms with van der Waals surface area (Å²) in [5.41, 5.74) is 1.60. The van der Waals surface area contributed by atoms with E-state index < -0.39 is 10.0 Å². The second kappa shape index (κ2) is 9.98. The maximum atomic E-state index is 13.8. The Morgan fingerprint density at radius 1 is 0.970 bits per heavy atom. The third kappa shape index (κ3) is 5.23. The SMILES string of the molecule is CC1CCN(C(=O)c2cccc(S(=O)(=O)N(Cc3ccccc3)c3ccccc3Cl)c2)CC1. The molecule has 0 N–H and O–H groups in total. The molecule has 5 nitrogen and oxygen atoms in total. The molecule has 0 aromatic heterocycles. The van der Waals surface area contributed by atoms with Crippen molar-refractivity contribution in [3.05, 3.63) is 95.0 Å². The normalized spacial score (nSPS) is 14.8. The van der Waals surface area contributed by atoms with Crippen LogP contribution in [0, 0.1) is 5.92 Å². The zero-order chi connectivity index (χ0) is 23.4. The zero-order valence-corrected chi connectivity index (χ0v) is 20.1. The molecular weight excluding hydrogens is 456 g/mol. The molecule has 0 bridgehead atoms. The van der Waals surface area contributed by atoms with Gasteiger partial charge < -0.3 is 4.90 Å². The van der Waals surface area contributed by atoms with Crippen LogP contribution in [0.4, 0.5) is 5.69 Å². The number of halogens is 1. The summed E-state index contributed by atoms with van der Waals surface area (Å²) in [5, 5.41) is 0.340. The molecule has 0 radical (unpaired) electrons. The number of likely N-dealkylation sites (tertiary alicyclic amines) is 1. The first kappa shape index (κ1) is 23.3. The molecule has 0 spiro atoms. The molecule has 33 heavy (non-hydrogen) atoms. The molecule has 172 valence electrons. The average molecular weight is 483 g/mol. The van der Waals surface area contributed by atoms with Crippen LogP contribution >= 0.6 is 11.6 Å². The minimum atomic E-state index is -3.99. The lowest BCUT2D eigenvalue weighted by atomic mass is 9.98. The van der Waals surface area contributed by atoms with Crippen molar-refractivity contribution in [3.63, 3.8) is 0 Å². The summed E-state index contributed by atoms with van der Waals surface area (Å²) in [6.07, 6.45) is 1.92. The molecule has 1 heterocycles. The number of piperidine rings is 1. The van der Waals surface area contributed by atoms with Crippen LogP contribution in [-0.2, 0) is 16.6 Å². The zero-order valence-electron chi connectivity index (χ0n) is 18.5. The maximum absolute atomic E-state index is 13.8. The maximum Gasteiger partial charge on any atom is 0.264 e. The fraction of sp³-hybridized carbons (Fsp3) is 0.269. The fourth-order valence-electron chi connectivity index (χ4n) is 4.01. The Labute approximate surface area is 200 Å². The monoisotopic (exact) mass is 482 g/mol. The van der Waals surface area contributed by atoms with Crippen molar-refractivity contribution in [2.24, 2.45) is 5.92 Å². The van der Waals surface area contributed by atoms with Gasteiger partial charge in [-0.2, -0.15) is 0 Å². The highest BCUT2D eigenvalue weighted by atomic mass is 35.5. The summed E-state index contributed by atoms with van der Waals surface area (Å²) in [6.45, 7) is 3.69. The Hall–Kier alpha value is -2.83. The number of para-hydroxylation sites is 1. The van der Waals surface area contributed by atoms with Gasteiger partial charge in [-0.1, -0.05) is 67.1 Å². The van der Waals surface area contributed by atoms with E-state index in [0.717, 1.165) is 18.4 Å². The molecule has 4 rings (SSSR count). The number of carbonyl (C=O) groups excluding carboxylic acids is 1. The van der Waals surface area contributed by atoms with E-state index in [9.17, 15) is 13.2 Å². The van der Waals surface area contributed by atoms with Crippen molar-refractivity contribution in [2.45, 2.75) is 31.2 Å². The summed E-state index contributed by atoms with van der Waals surface area (Å²) < 4.78 is 29.0. The van der Waals surface area contributed by atoms with Crippen LogP contribution in [0.2, 0.25) is 5.02 Å². The van der Waals surface area contributed by atoms with Gasteiger partial charge in [0.2, 0.25) is 0 Å². The predicted octanol–water partition coefficient (Wildman–Crippen LogP) is 5.61. The number of rotatable bonds is 6. The van der Waals surface area contributed by atoms with Gasteiger partial charge in [0, 0.05) is 18.7 Å². The van der Waals surface area contributed by atoms with E-state index in [0.29, 0.717) is 35.3 Å². The van der Waals surface area contributed by atoms with E-state index in [1.807, 2.05) is 35.2 Å². The number of sulfonamides is 1. The van der Waals surface area contributed by atoms with Gasteiger partial charge in [0.25, 0.3) is 15.9 Å². The highest BCUT2D eigenvalue weighted by Crippen LogP contribution is 2.32. The van der Waals surface area contributed by atoms with Crippen LogP contribution in [-0.4, -0.2) is 32.3 Å². The van der Waals surface area contributed by atoms with Gasteiger partial charge in [-0.15, -0.1) is 0 Å². The van der Waals surface area contributed by atoms with Gasteiger partial charge in [-0.25, -0.2) is 8.42 Å². The van der Waals surface area contributed by atoms with Crippen molar-refractivity contribution in [3.8, 4) is 0 Å². The molecule has 1 saturated heterocycles. The highest BCUT2D eigenvalue weighted by Gasteiger charge is 2.28. The number of benzene rings is 3. The first-order valence-electron chi connectivity index (χ1n) is 11.1. The Kier molecular flexibility index (Phi) is 7.05. The minimum absolute atomic E-state index is 0.0644. The van der Waals surface area contributed by atoms with Gasteiger partial charge in [0.1, 0.15) is 0 Å². The third-order valence-electron chi connectivity index (χ3n) is 6.03. The van der Waals surface area contributed by atoms with E-state index in [-0.39, 0.29) is 17.3 Å². The van der Waals surface area contributed by atoms with Crippen molar-refractivity contribution in [2.75, 3.05) is 17.4 Å². The van der Waals surface area contributed by atoms with Crippen LogP contribution in [0.3, 0.4) is 0 Å². The smallest absolute Gasteiger partial charge is 0.264 e. The molecule has 1 amide bonds. The molecule has 3 aromatic carbocycles. The first-order valence-corrected chi connectivity index (χ1v) is 12.9. The van der Waals surface area contributed by atoms with E-state index in [2.05, 4.69) is 6.92 Å². The Morgan fingerprint density at radius 2 is 1.64 bits per heavy atom. The summed E-state index contributed by atoms with van der Waals surface area (Å²) in [6, 6.07) is 22.5. The number of anilines is 1. The van der Waals surface area contributed by atoms with Gasteiger partial charge in [0.05, 0.1) is 22.2 Å². The molecule has 3 aromatic rings. The van der Waals surface area contributed by atoms with Crippen LogP contribution < -0.4 is 4.31 Å². The van der Waals surface area contributed by atoms with Crippen molar-refractivity contribution < 1.29 is 13.2 Å². The number of amides is 1. The molecule has 1 fully saturated rings. The molecule has 0 saturated carbocycles. The molecule has 0 aliphatic carbocycles. The van der Waals surface area contributed by atoms with E-state index in [4.69, 9.17) is 11.6 Å². The van der Waals surface area contributed by atoms with Gasteiger partial charge in [-0.05, 0) is 54.7 Å². The second-order valence-electron chi connectivity index (χ2n) is 8.45. The summed E-state index contributed by atoms with van der Waals surface area (Å²) >= 11 is 6.41. The van der Waals surface area contributed by atoms with Gasteiger partial charge in [-0.3, -0.25) is 9.10 Å². The predicted molar refractivity (Wildman–Crippen MR) is 132 cm³/mol. The Balaban J connectivity index is 1.70. The number of carbonyl (C=O) groups is 1. The van der Waals surface area contributed by atoms with Crippen LogP contribution in [0.15, 0.2) is 83.8 Å². The summed E-state index contributed by atoms with van der Waals surface area (Å²) in [5.74, 6) is 0.467. The number of hydrogen-bond donors (Lipinski definition) is 0. The van der Waals surface area contributed by atoms with Crippen LogP contribution in [0.1, 0.15) is 35.7 Å². The summed E-state index contributed by atoms with van der Waals surface area (Å²) in [4.78, 5) is 14.9. The molecular formula is C26H27ClN2O3S. The van der Waals surface area contributed by atoms with Crippen LogP contribution in [0.25, 0.3) is 0 Å². The average Bonchev–Trinajstić information content (AvgIpc) is 2.84. The van der Waals surface area contributed by atoms with E-state index in [1.54, 1.807) is 36.4 Å². The topological polar surface area (TPSA) is 57.7 Å². The lowest BCUT2D eigenvalue weighted by Gasteiger charge is -2.30. The fourth-order valence-corrected chi connectivity index (χ4v) is 5.82. The lowest BCUT2D eigenvalue weighted by Crippen LogP contribution is -2.38. The van der Waals surface area contributed by atoms with Gasteiger partial charge in [0.15, 0.2) is 0 Å². The molecule has 0 unspecified atom stereocenters. The van der Waals surface area contributed by atoms with E-state index in [1.165, 1.54) is 16.4 Å². The largest absolute Gasteiger partial charge is 0.339 e. The Bertz CT molecular complexity index is 1220. The Morgan fingerprint density at radius 3 is 2.33 bits per heavy atom. The highest BCUT2D eigenvalue weighted by molar-refractivity contribution is 7.92. The van der Waals surface area contributed by atoms with Crippen molar-refractivity contribution in [1.29, 1.82) is 0 Å². The van der Waals surface area contributed by atoms with E-state index >= 15 is 0 Å². The molecule has 1 aliphatic heterocycles. The van der Waals surface area contributed by atoms with Gasteiger partial charge >= 0.3 is 0 Å². The first-order chi connectivity index (χ1) is 15.9. The standard InChI is InChI=1S/C26H27ClN2O3S/c1-20-14-16-28(17-15-20)26(30)22-10-7-11-23(18-22)33(31,32)29(19-21-8-3-2-4-9-21)25-13-6-5-12-24(25)27/h2-13,18,20H,14-17,19H2,1H3.